The molecule has 1 saturated carbocycles. The van der Waals surface area contributed by atoms with Crippen LogP contribution in [0.15, 0.2) is 78.9 Å². The SMILES string of the molecule is COc1ccccc1CC(=O)C1NCC2(C(=O)N(C)CC(=O)O)C3CCC(c4ccccc4)(c4ccccc43)C12. The lowest BCUT2D eigenvalue weighted by Crippen LogP contribution is -2.64. The number of aliphatic carboxylic acids is 1. The van der Waals surface area contributed by atoms with Crippen molar-refractivity contribution in [1.82, 2.24) is 10.2 Å². The van der Waals surface area contributed by atoms with Gasteiger partial charge in [-0.15, -0.1) is 0 Å². The second-order valence-corrected chi connectivity index (χ2v) is 11.4. The number of methoxy groups -OCH3 is 1. The predicted octanol–water partition coefficient (Wildman–Crippen LogP) is 3.80. The molecule has 3 aromatic carbocycles. The highest BCUT2D eigenvalue weighted by molar-refractivity contribution is 5.94. The molecule has 1 amide bonds. The first-order chi connectivity index (χ1) is 19.3. The van der Waals surface area contributed by atoms with Gasteiger partial charge in [0.05, 0.1) is 18.6 Å². The highest BCUT2D eigenvalue weighted by Crippen LogP contribution is 2.69. The van der Waals surface area contributed by atoms with Crippen LogP contribution in [0.5, 0.6) is 5.75 Å². The van der Waals surface area contributed by atoms with Gasteiger partial charge >= 0.3 is 5.97 Å². The minimum Gasteiger partial charge on any atom is -0.496 e. The summed E-state index contributed by atoms with van der Waals surface area (Å²) in [6.07, 6.45) is 1.76. The summed E-state index contributed by atoms with van der Waals surface area (Å²) in [5, 5.41) is 13.1. The lowest BCUT2D eigenvalue weighted by molar-refractivity contribution is -0.155. The largest absolute Gasteiger partial charge is 0.496 e. The van der Waals surface area contributed by atoms with Gasteiger partial charge in [0.2, 0.25) is 5.91 Å². The van der Waals surface area contributed by atoms with E-state index in [-0.39, 0.29) is 36.5 Å². The molecule has 5 atom stereocenters. The first kappa shape index (κ1) is 26.3. The number of amides is 1. The molecule has 40 heavy (non-hydrogen) atoms. The minimum absolute atomic E-state index is 0.00500. The lowest BCUT2D eigenvalue weighted by Gasteiger charge is -2.61. The molecular weight excluding hydrogens is 504 g/mol. The molecule has 206 valence electrons. The Morgan fingerprint density at radius 2 is 1.70 bits per heavy atom. The normalized spacial score (nSPS) is 27.9. The number of para-hydroxylation sites is 1. The van der Waals surface area contributed by atoms with Gasteiger partial charge in [-0.2, -0.15) is 0 Å². The van der Waals surface area contributed by atoms with Crippen molar-refractivity contribution in [3.8, 4) is 5.75 Å². The third kappa shape index (κ3) is 3.71. The number of nitrogens with zero attached hydrogens (tertiary/aromatic N) is 1. The zero-order chi connectivity index (χ0) is 28.1. The van der Waals surface area contributed by atoms with Gasteiger partial charge < -0.3 is 20.1 Å². The number of likely N-dealkylation sites (N-methyl/N-ethyl adjacent to an activating group) is 1. The van der Waals surface area contributed by atoms with E-state index in [2.05, 4.69) is 29.6 Å². The Morgan fingerprint density at radius 1 is 1.00 bits per heavy atom. The van der Waals surface area contributed by atoms with Crippen LogP contribution in [0.2, 0.25) is 0 Å². The zero-order valence-corrected chi connectivity index (χ0v) is 22.8. The van der Waals surface area contributed by atoms with Crippen LogP contribution in [0, 0.1) is 11.3 Å². The summed E-state index contributed by atoms with van der Waals surface area (Å²) in [5.41, 5.74) is 2.64. The van der Waals surface area contributed by atoms with Gasteiger partial charge in [0.25, 0.3) is 0 Å². The Hall–Kier alpha value is -3.97. The first-order valence-electron chi connectivity index (χ1n) is 13.8. The molecule has 1 saturated heterocycles. The van der Waals surface area contributed by atoms with Crippen molar-refractivity contribution < 1.29 is 24.2 Å². The molecule has 3 aliphatic carbocycles. The van der Waals surface area contributed by atoms with Gasteiger partial charge in [0, 0.05) is 42.8 Å². The van der Waals surface area contributed by atoms with E-state index in [0.717, 1.165) is 29.5 Å². The molecule has 2 fully saturated rings. The third-order valence-corrected chi connectivity index (χ3v) is 9.61. The number of ether oxygens (including phenoxy) is 1. The first-order valence-corrected chi connectivity index (χ1v) is 13.8. The molecule has 2 bridgehead atoms. The second kappa shape index (κ2) is 9.89. The van der Waals surface area contributed by atoms with E-state index in [1.165, 1.54) is 10.5 Å². The van der Waals surface area contributed by atoms with Gasteiger partial charge in [-0.05, 0) is 35.6 Å². The molecule has 1 heterocycles. The Bertz CT molecular complexity index is 1470. The molecule has 7 rings (SSSR count). The van der Waals surface area contributed by atoms with Gasteiger partial charge in [0.1, 0.15) is 12.3 Å². The minimum atomic E-state index is -1.06. The maximum Gasteiger partial charge on any atom is 0.323 e. The number of hydrogen-bond donors (Lipinski definition) is 2. The number of carboxylic acid groups (broad SMARTS) is 1. The third-order valence-electron chi connectivity index (χ3n) is 9.61. The summed E-state index contributed by atoms with van der Waals surface area (Å²) in [5.74, 6) is -1.12. The van der Waals surface area contributed by atoms with Crippen molar-refractivity contribution in [2.75, 3.05) is 27.2 Å². The van der Waals surface area contributed by atoms with Crippen LogP contribution in [0.3, 0.4) is 0 Å². The molecule has 2 N–H and O–H groups in total. The Labute approximate surface area is 234 Å². The van der Waals surface area contributed by atoms with Crippen molar-refractivity contribution >= 4 is 17.7 Å². The molecule has 0 radical (unpaired) electrons. The second-order valence-electron chi connectivity index (χ2n) is 11.4. The molecule has 7 nitrogen and oxygen atoms in total. The average molecular weight is 539 g/mol. The summed E-state index contributed by atoms with van der Waals surface area (Å²) in [6.45, 7) is -0.0732. The van der Waals surface area contributed by atoms with Gasteiger partial charge in [-0.3, -0.25) is 14.4 Å². The number of benzene rings is 3. The molecule has 7 heteroatoms. The average Bonchev–Trinajstić information content (AvgIpc) is 3.41. The van der Waals surface area contributed by atoms with Crippen LogP contribution in [0.25, 0.3) is 0 Å². The number of carbonyl (C=O) groups excluding carboxylic acids is 2. The number of Topliss-reactive ketones (excluding diaryl/α,β-unsaturated/α-hetero) is 1. The van der Waals surface area contributed by atoms with E-state index in [1.54, 1.807) is 14.2 Å². The van der Waals surface area contributed by atoms with Crippen molar-refractivity contribution in [2.24, 2.45) is 11.3 Å². The van der Waals surface area contributed by atoms with Gasteiger partial charge in [0.15, 0.2) is 5.78 Å². The quantitative estimate of drug-likeness (QED) is 0.453. The van der Waals surface area contributed by atoms with Gasteiger partial charge in [-0.25, -0.2) is 0 Å². The van der Waals surface area contributed by atoms with E-state index >= 15 is 0 Å². The summed E-state index contributed by atoms with van der Waals surface area (Å²) >= 11 is 0. The highest BCUT2D eigenvalue weighted by atomic mass is 16.5. The fraction of sp³-hybridized carbons (Fsp3) is 0.364. The molecule has 0 aromatic heterocycles. The van der Waals surface area contributed by atoms with Crippen LogP contribution in [-0.4, -0.2) is 61.0 Å². The lowest BCUT2D eigenvalue weighted by atomic mass is 9.40. The highest BCUT2D eigenvalue weighted by Gasteiger charge is 2.72. The van der Waals surface area contributed by atoms with Crippen LogP contribution in [0.4, 0.5) is 0 Å². The number of carbonyl (C=O) groups is 3. The van der Waals surface area contributed by atoms with E-state index in [9.17, 15) is 19.5 Å². The fourth-order valence-electron chi connectivity index (χ4n) is 8.24. The van der Waals surface area contributed by atoms with Gasteiger partial charge in [-0.1, -0.05) is 72.8 Å². The zero-order valence-electron chi connectivity index (χ0n) is 22.8. The maximum absolute atomic E-state index is 14.5. The summed E-state index contributed by atoms with van der Waals surface area (Å²) in [4.78, 5) is 41.8. The summed E-state index contributed by atoms with van der Waals surface area (Å²) < 4.78 is 5.54. The number of rotatable bonds is 8. The number of carboxylic acids is 1. The van der Waals surface area contributed by atoms with Crippen LogP contribution >= 0.6 is 0 Å². The van der Waals surface area contributed by atoms with Crippen LogP contribution in [0.1, 0.15) is 41.0 Å². The number of ketones is 1. The Balaban J connectivity index is 1.55. The molecule has 5 unspecified atom stereocenters. The van der Waals surface area contributed by atoms with Crippen LogP contribution < -0.4 is 10.1 Å². The summed E-state index contributed by atoms with van der Waals surface area (Å²) in [7, 11) is 3.16. The fourth-order valence-corrected chi connectivity index (χ4v) is 8.24. The monoisotopic (exact) mass is 538 g/mol. The standard InChI is InChI=1S/C33H34N2O5/c1-35(19-28(37)38)31(39)33-20-34-29(26(36)18-21-10-6-9-15-27(21)40-2)30(33)32(22-11-4-3-5-12-22)17-16-25(33)23-13-7-8-14-24(23)32/h3-15,25,29-30,34H,16-20H2,1-2H3,(H,37,38). The Morgan fingerprint density at radius 3 is 2.45 bits per heavy atom. The van der Waals surface area contributed by atoms with Crippen molar-refractivity contribution in [1.29, 1.82) is 0 Å². The number of hydrogen-bond acceptors (Lipinski definition) is 5. The van der Waals surface area contributed by atoms with Crippen molar-refractivity contribution in [2.45, 2.75) is 36.6 Å². The molecule has 3 aromatic rings. The summed E-state index contributed by atoms with van der Waals surface area (Å²) in [6, 6.07) is 25.5. The van der Waals surface area contributed by atoms with E-state index in [1.807, 2.05) is 54.6 Å². The topological polar surface area (TPSA) is 95.9 Å². The molecule has 0 spiro atoms. The van der Waals surface area contributed by atoms with E-state index in [0.29, 0.717) is 12.3 Å². The molecule has 1 aliphatic heterocycles. The maximum atomic E-state index is 14.5. The van der Waals surface area contributed by atoms with Crippen LogP contribution in [-0.2, 0) is 26.2 Å². The molecule has 4 aliphatic rings. The van der Waals surface area contributed by atoms with Crippen molar-refractivity contribution in [3.05, 3.63) is 101 Å². The number of nitrogens with one attached hydrogen (secondary N) is 1. The van der Waals surface area contributed by atoms with E-state index < -0.39 is 22.8 Å². The smallest absolute Gasteiger partial charge is 0.323 e. The van der Waals surface area contributed by atoms with Crippen molar-refractivity contribution in [3.63, 3.8) is 0 Å². The van der Waals surface area contributed by atoms with E-state index in [4.69, 9.17) is 4.74 Å². The predicted molar refractivity (Wildman–Crippen MR) is 150 cm³/mol. The number of fused-ring (bicyclic) bond motifs is 1. The Kier molecular flexibility index (Phi) is 6.50. The molecular formula is C33H34N2O5.